The minimum Gasteiger partial charge on any atom is -0.344 e. The molecule has 0 saturated carbocycles. The number of hydrogen-bond acceptors (Lipinski definition) is 4. The van der Waals surface area contributed by atoms with Gasteiger partial charge in [0.15, 0.2) is 0 Å². The lowest BCUT2D eigenvalue weighted by Crippen LogP contribution is -2.52. The third-order valence-electron chi connectivity index (χ3n) is 5.02. The van der Waals surface area contributed by atoms with E-state index in [0.717, 1.165) is 44.5 Å². The summed E-state index contributed by atoms with van der Waals surface area (Å²) in [5.41, 5.74) is 0.802. The number of piperidine rings is 2. The number of nitrogens with zero attached hydrogens (tertiary/aromatic N) is 3. The van der Waals surface area contributed by atoms with Crippen molar-refractivity contribution in [2.24, 2.45) is 13.0 Å². The molecule has 0 bridgehead atoms. The first kappa shape index (κ1) is 19.7. The number of aromatic nitrogens is 2. The van der Waals surface area contributed by atoms with E-state index >= 15 is 0 Å². The van der Waals surface area contributed by atoms with Crippen molar-refractivity contribution in [3.05, 3.63) is 12.4 Å². The van der Waals surface area contributed by atoms with Crippen LogP contribution in [0.15, 0.2) is 12.4 Å². The maximum absolute atomic E-state index is 12.6. The number of carbonyl (C=O) groups is 2. The Bertz CT molecular complexity index is 585. The van der Waals surface area contributed by atoms with E-state index in [1.165, 1.54) is 0 Å². The van der Waals surface area contributed by atoms with Gasteiger partial charge in [-0.1, -0.05) is 0 Å². The third-order valence-corrected chi connectivity index (χ3v) is 5.02. The van der Waals surface area contributed by atoms with E-state index in [4.69, 9.17) is 0 Å². The van der Waals surface area contributed by atoms with Crippen LogP contribution in [-0.4, -0.2) is 47.3 Å². The van der Waals surface area contributed by atoms with E-state index in [2.05, 4.69) is 15.7 Å². The molecule has 0 spiro atoms. The van der Waals surface area contributed by atoms with Crippen LogP contribution >= 0.6 is 12.4 Å². The predicted molar refractivity (Wildman–Crippen MR) is 98.8 cm³/mol. The van der Waals surface area contributed by atoms with Crippen LogP contribution in [0.25, 0.3) is 0 Å². The molecule has 2 fully saturated rings. The molecule has 1 unspecified atom stereocenters. The molecule has 1 aromatic rings. The van der Waals surface area contributed by atoms with E-state index in [-0.39, 0.29) is 24.2 Å². The molecule has 2 saturated heterocycles. The summed E-state index contributed by atoms with van der Waals surface area (Å²) in [7, 11) is 1.83. The van der Waals surface area contributed by atoms with Crippen LogP contribution in [-0.2, 0) is 16.6 Å². The Balaban J connectivity index is 0.00000225. The molecular formula is C17H28ClN5O2. The maximum Gasteiger partial charge on any atom is 0.249 e. The minimum atomic E-state index is -0.403. The van der Waals surface area contributed by atoms with E-state index < -0.39 is 6.04 Å². The van der Waals surface area contributed by atoms with Gasteiger partial charge in [0.25, 0.3) is 0 Å². The van der Waals surface area contributed by atoms with Crippen molar-refractivity contribution in [3.63, 3.8) is 0 Å². The Morgan fingerprint density at radius 3 is 2.80 bits per heavy atom. The lowest BCUT2D eigenvalue weighted by Gasteiger charge is -2.32. The summed E-state index contributed by atoms with van der Waals surface area (Å²) in [5.74, 6) is 0.607. The van der Waals surface area contributed by atoms with Crippen molar-refractivity contribution >= 4 is 29.9 Å². The molecule has 140 valence electrons. The number of rotatable bonds is 5. The second-order valence-electron chi connectivity index (χ2n) is 6.86. The number of anilines is 1. The first-order valence-corrected chi connectivity index (χ1v) is 8.93. The highest BCUT2D eigenvalue weighted by molar-refractivity contribution is 5.99. The summed E-state index contributed by atoms with van der Waals surface area (Å²) in [6.07, 6.45) is 8.85. The summed E-state index contributed by atoms with van der Waals surface area (Å²) in [5, 5.41) is 10.4. The van der Waals surface area contributed by atoms with Gasteiger partial charge in [-0.3, -0.25) is 14.3 Å². The van der Waals surface area contributed by atoms with Gasteiger partial charge in [0.2, 0.25) is 11.8 Å². The van der Waals surface area contributed by atoms with E-state index in [1.54, 1.807) is 15.8 Å². The van der Waals surface area contributed by atoms with Crippen molar-refractivity contribution in [1.82, 2.24) is 20.4 Å². The van der Waals surface area contributed by atoms with Crippen LogP contribution in [0.5, 0.6) is 0 Å². The maximum atomic E-state index is 12.6. The van der Waals surface area contributed by atoms with Crippen molar-refractivity contribution < 1.29 is 9.59 Å². The fourth-order valence-corrected chi connectivity index (χ4v) is 3.59. The smallest absolute Gasteiger partial charge is 0.249 e. The van der Waals surface area contributed by atoms with Gasteiger partial charge in [0, 0.05) is 26.2 Å². The van der Waals surface area contributed by atoms with Crippen LogP contribution in [0.3, 0.4) is 0 Å². The Kier molecular flexibility index (Phi) is 7.25. The van der Waals surface area contributed by atoms with Crippen molar-refractivity contribution in [3.8, 4) is 0 Å². The first-order valence-electron chi connectivity index (χ1n) is 8.93. The zero-order valence-electron chi connectivity index (χ0n) is 14.7. The molecule has 7 nitrogen and oxygen atoms in total. The van der Waals surface area contributed by atoms with Crippen LogP contribution in [0.4, 0.5) is 5.69 Å². The molecule has 2 aliphatic rings. The number of aryl methyl sites for hydroxylation is 1. The van der Waals surface area contributed by atoms with E-state index in [1.807, 2.05) is 13.2 Å². The zero-order valence-corrected chi connectivity index (χ0v) is 15.6. The molecule has 0 aromatic carbocycles. The molecule has 25 heavy (non-hydrogen) atoms. The molecular weight excluding hydrogens is 342 g/mol. The SMILES string of the molecule is Cl.Cn1cc(N2CCCC(NC(=O)CCC3CCNCC3)C2=O)cn1. The molecule has 1 atom stereocenters. The Morgan fingerprint density at radius 2 is 2.12 bits per heavy atom. The summed E-state index contributed by atoms with van der Waals surface area (Å²) < 4.78 is 1.68. The van der Waals surface area contributed by atoms with Crippen LogP contribution in [0.1, 0.15) is 38.5 Å². The molecule has 0 radical (unpaired) electrons. The Labute approximate surface area is 154 Å². The molecule has 0 aliphatic carbocycles. The lowest BCUT2D eigenvalue weighted by molar-refractivity contribution is -0.128. The van der Waals surface area contributed by atoms with E-state index in [0.29, 0.717) is 25.3 Å². The largest absolute Gasteiger partial charge is 0.344 e. The first-order chi connectivity index (χ1) is 11.6. The highest BCUT2D eigenvalue weighted by Gasteiger charge is 2.31. The monoisotopic (exact) mass is 369 g/mol. The second-order valence-corrected chi connectivity index (χ2v) is 6.86. The number of carbonyl (C=O) groups excluding carboxylic acids is 2. The zero-order chi connectivity index (χ0) is 16.9. The van der Waals surface area contributed by atoms with E-state index in [9.17, 15) is 9.59 Å². The molecule has 2 aliphatic heterocycles. The Morgan fingerprint density at radius 1 is 1.36 bits per heavy atom. The average molecular weight is 370 g/mol. The topological polar surface area (TPSA) is 79.3 Å². The summed E-state index contributed by atoms with van der Waals surface area (Å²) in [6.45, 7) is 2.78. The fraction of sp³-hybridized carbons (Fsp3) is 0.706. The highest BCUT2D eigenvalue weighted by Crippen LogP contribution is 2.21. The average Bonchev–Trinajstić information content (AvgIpc) is 3.02. The fourth-order valence-electron chi connectivity index (χ4n) is 3.59. The van der Waals surface area contributed by atoms with Crippen molar-refractivity contribution in [2.75, 3.05) is 24.5 Å². The van der Waals surface area contributed by atoms with Gasteiger partial charge in [-0.05, 0) is 51.1 Å². The predicted octanol–water partition coefficient (Wildman–Crippen LogP) is 1.23. The van der Waals surface area contributed by atoms with Gasteiger partial charge in [0.1, 0.15) is 6.04 Å². The number of amides is 2. The van der Waals surface area contributed by atoms with Crippen molar-refractivity contribution in [2.45, 2.75) is 44.6 Å². The minimum absolute atomic E-state index is 0. The third kappa shape index (κ3) is 5.19. The summed E-state index contributed by atoms with van der Waals surface area (Å²) in [4.78, 5) is 26.6. The normalized spacial score (nSPS) is 21.7. The molecule has 2 amide bonds. The number of hydrogen-bond donors (Lipinski definition) is 2. The highest BCUT2D eigenvalue weighted by atomic mass is 35.5. The second kappa shape index (κ2) is 9.20. The quantitative estimate of drug-likeness (QED) is 0.818. The number of halogens is 1. The molecule has 8 heteroatoms. The van der Waals surface area contributed by atoms with Gasteiger partial charge in [-0.25, -0.2) is 0 Å². The number of nitrogens with one attached hydrogen (secondary N) is 2. The molecule has 1 aromatic heterocycles. The van der Waals surface area contributed by atoms with Crippen LogP contribution in [0, 0.1) is 5.92 Å². The Hall–Kier alpha value is -1.60. The molecule has 2 N–H and O–H groups in total. The molecule has 3 heterocycles. The molecule has 3 rings (SSSR count). The van der Waals surface area contributed by atoms with Crippen molar-refractivity contribution in [1.29, 1.82) is 0 Å². The standard InChI is InChI=1S/C17H27N5O2.ClH/c1-21-12-14(11-19-21)22-10-2-3-15(17(22)24)20-16(23)5-4-13-6-8-18-9-7-13;/h11-13,15,18H,2-10H2,1H3,(H,20,23);1H. The van der Waals surface area contributed by atoms with Gasteiger partial charge >= 0.3 is 0 Å². The van der Waals surface area contributed by atoms with Crippen LogP contribution < -0.4 is 15.5 Å². The van der Waals surface area contributed by atoms with Gasteiger partial charge in [-0.15, -0.1) is 12.4 Å². The van der Waals surface area contributed by atoms with Crippen LogP contribution in [0.2, 0.25) is 0 Å². The summed E-state index contributed by atoms with van der Waals surface area (Å²) >= 11 is 0. The van der Waals surface area contributed by atoms with Gasteiger partial charge in [0.05, 0.1) is 11.9 Å². The summed E-state index contributed by atoms with van der Waals surface area (Å²) in [6, 6.07) is -0.403. The van der Waals surface area contributed by atoms with Gasteiger partial charge in [-0.2, -0.15) is 5.10 Å². The lowest BCUT2D eigenvalue weighted by atomic mass is 9.93. The van der Waals surface area contributed by atoms with Gasteiger partial charge < -0.3 is 15.5 Å².